The molecule has 0 aliphatic heterocycles. The molecule has 0 fully saturated rings. The Labute approximate surface area is 125 Å². The maximum atomic E-state index is 13.7. The van der Waals surface area contributed by atoms with Crippen molar-refractivity contribution in [2.45, 2.75) is 18.2 Å². The zero-order valence-electron chi connectivity index (χ0n) is 11.3. The van der Waals surface area contributed by atoms with Crippen LogP contribution in [0.25, 0.3) is 0 Å². The van der Waals surface area contributed by atoms with Crippen LogP contribution in [0.1, 0.15) is 21.5 Å². The Morgan fingerprint density at radius 2 is 1.80 bits per heavy atom. The van der Waals surface area contributed by atoms with Crippen molar-refractivity contribution < 1.29 is 13.5 Å². The van der Waals surface area contributed by atoms with Gasteiger partial charge in [0.25, 0.3) is 0 Å². The maximum absolute atomic E-state index is 13.7. The largest absolute Gasteiger partial charge is 0.497 e. The summed E-state index contributed by atoms with van der Waals surface area (Å²) in [6.45, 7) is 1.95. The quantitative estimate of drug-likeness (QED) is 0.714. The fraction of sp³-hybridized carbons (Fsp3) is 0.250. The second-order valence-electron chi connectivity index (χ2n) is 4.59. The molecule has 20 heavy (non-hydrogen) atoms. The van der Waals surface area contributed by atoms with Crippen LogP contribution in [0.3, 0.4) is 0 Å². The number of aryl methyl sites for hydroxylation is 1. The number of hydrogen-bond donors (Lipinski definition) is 0. The topological polar surface area (TPSA) is 9.23 Å². The SMILES string of the molecule is COc1ccc(C(Br)Cc2c(F)cccc2F)c(C)c1. The first kappa shape index (κ1) is 15.0. The second kappa shape index (κ2) is 6.35. The highest BCUT2D eigenvalue weighted by atomic mass is 79.9. The van der Waals surface area contributed by atoms with Gasteiger partial charge in [-0.05, 0) is 48.7 Å². The monoisotopic (exact) mass is 340 g/mol. The van der Waals surface area contributed by atoms with Gasteiger partial charge in [-0.2, -0.15) is 0 Å². The highest BCUT2D eigenvalue weighted by molar-refractivity contribution is 9.09. The van der Waals surface area contributed by atoms with Crippen molar-refractivity contribution in [2.24, 2.45) is 0 Å². The van der Waals surface area contributed by atoms with Crippen molar-refractivity contribution in [3.63, 3.8) is 0 Å². The molecule has 0 aliphatic rings. The van der Waals surface area contributed by atoms with Crippen LogP contribution < -0.4 is 4.74 Å². The van der Waals surface area contributed by atoms with E-state index in [0.717, 1.165) is 16.9 Å². The molecule has 1 nitrogen and oxygen atoms in total. The average molecular weight is 341 g/mol. The lowest BCUT2D eigenvalue weighted by atomic mass is 9.99. The lowest BCUT2D eigenvalue weighted by Gasteiger charge is -2.15. The Balaban J connectivity index is 2.26. The third kappa shape index (κ3) is 3.18. The molecule has 2 aromatic carbocycles. The summed E-state index contributed by atoms with van der Waals surface area (Å²) < 4.78 is 32.5. The minimum Gasteiger partial charge on any atom is -0.497 e. The fourth-order valence-electron chi connectivity index (χ4n) is 2.14. The van der Waals surface area contributed by atoms with Gasteiger partial charge in [0.15, 0.2) is 0 Å². The lowest BCUT2D eigenvalue weighted by molar-refractivity contribution is 0.414. The summed E-state index contributed by atoms with van der Waals surface area (Å²) in [6.07, 6.45) is 0.256. The summed E-state index contributed by atoms with van der Waals surface area (Å²) in [4.78, 5) is -0.153. The van der Waals surface area contributed by atoms with Gasteiger partial charge in [-0.1, -0.05) is 28.1 Å². The van der Waals surface area contributed by atoms with Crippen LogP contribution in [0.4, 0.5) is 8.78 Å². The van der Waals surface area contributed by atoms with E-state index in [0.29, 0.717) is 0 Å². The first-order valence-electron chi connectivity index (χ1n) is 6.24. The number of alkyl halides is 1. The van der Waals surface area contributed by atoms with Gasteiger partial charge in [0.1, 0.15) is 17.4 Å². The van der Waals surface area contributed by atoms with E-state index in [4.69, 9.17) is 4.74 Å². The summed E-state index contributed by atoms with van der Waals surface area (Å²) in [7, 11) is 1.61. The third-order valence-electron chi connectivity index (χ3n) is 3.26. The molecule has 0 saturated heterocycles. The van der Waals surface area contributed by atoms with E-state index >= 15 is 0 Å². The molecule has 106 valence electrons. The Hall–Kier alpha value is -1.42. The molecule has 0 amide bonds. The number of benzene rings is 2. The van der Waals surface area contributed by atoms with Gasteiger partial charge in [0.05, 0.1) is 7.11 Å². The average Bonchev–Trinajstić information content (AvgIpc) is 2.42. The van der Waals surface area contributed by atoms with Gasteiger partial charge >= 0.3 is 0 Å². The number of ether oxygens (including phenoxy) is 1. The summed E-state index contributed by atoms with van der Waals surface area (Å²) in [6, 6.07) is 9.58. The van der Waals surface area contributed by atoms with Crippen LogP contribution >= 0.6 is 15.9 Å². The van der Waals surface area contributed by atoms with Crippen LogP contribution in [0.2, 0.25) is 0 Å². The zero-order valence-corrected chi connectivity index (χ0v) is 12.9. The molecule has 0 N–H and O–H groups in total. The molecule has 1 unspecified atom stereocenters. The van der Waals surface area contributed by atoms with Gasteiger partial charge in [-0.3, -0.25) is 0 Å². The predicted octanol–water partition coefficient (Wildman–Crippen LogP) is 4.96. The van der Waals surface area contributed by atoms with Crippen molar-refractivity contribution in [3.05, 3.63) is 64.7 Å². The maximum Gasteiger partial charge on any atom is 0.129 e. The van der Waals surface area contributed by atoms with Gasteiger partial charge < -0.3 is 4.74 Å². The van der Waals surface area contributed by atoms with Crippen molar-refractivity contribution in [2.75, 3.05) is 7.11 Å². The molecule has 0 bridgehead atoms. The van der Waals surface area contributed by atoms with Crippen LogP contribution in [0.5, 0.6) is 5.75 Å². The van der Waals surface area contributed by atoms with Gasteiger partial charge in [-0.15, -0.1) is 0 Å². The smallest absolute Gasteiger partial charge is 0.129 e. The number of hydrogen-bond acceptors (Lipinski definition) is 1. The molecule has 4 heteroatoms. The minimum absolute atomic E-state index is 0.101. The minimum atomic E-state index is -0.513. The molecule has 0 spiro atoms. The van der Waals surface area contributed by atoms with E-state index in [2.05, 4.69) is 15.9 Å². The Morgan fingerprint density at radius 1 is 1.15 bits per heavy atom. The van der Waals surface area contributed by atoms with Gasteiger partial charge in [0, 0.05) is 10.4 Å². The fourth-order valence-corrected chi connectivity index (χ4v) is 2.98. The van der Waals surface area contributed by atoms with Crippen LogP contribution in [-0.4, -0.2) is 7.11 Å². The molecular weight excluding hydrogens is 326 g/mol. The summed E-state index contributed by atoms with van der Waals surface area (Å²) in [5.41, 5.74) is 2.11. The highest BCUT2D eigenvalue weighted by Crippen LogP contribution is 2.32. The molecule has 2 rings (SSSR count). The number of halogens is 3. The first-order valence-corrected chi connectivity index (χ1v) is 7.16. The summed E-state index contributed by atoms with van der Waals surface area (Å²) in [5, 5.41) is 0. The Kier molecular flexibility index (Phi) is 4.76. The van der Waals surface area contributed by atoms with Gasteiger partial charge in [-0.25, -0.2) is 8.78 Å². The van der Waals surface area contributed by atoms with E-state index < -0.39 is 11.6 Å². The van der Waals surface area contributed by atoms with Crippen molar-refractivity contribution >= 4 is 15.9 Å². The zero-order chi connectivity index (χ0) is 14.7. The Bertz CT molecular complexity index is 593. The number of rotatable bonds is 4. The molecule has 1 atom stereocenters. The van der Waals surface area contributed by atoms with E-state index in [9.17, 15) is 8.78 Å². The van der Waals surface area contributed by atoms with Crippen molar-refractivity contribution in [3.8, 4) is 5.75 Å². The second-order valence-corrected chi connectivity index (χ2v) is 5.70. The van der Waals surface area contributed by atoms with E-state index in [1.165, 1.54) is 18.2 Å². The molecule has 0 aromatic heterocycles. The first-order chi connectivity index (χ1) is 9.52. The predicted molar refractivity (Wildman–Crippen MR) is 79.5 cm³/mol. The van der Waals surface area contributed by atoms with E-state index in [1.54, 1.807) is 7.11 Å². The third-order valence-corrected chi connectivity index (χ3v) is 4.08. The molecule has 0 saturated carbocycles. The van der Waals surface area contributed by atoms with Crippen molar-refractivity contribution in [1.82, 2.24) is 0 Å². The van der Waals surface area contributed by atoms with Crippen LogP contribution in [-0.2, 0) is 6.42 Å². The molecule has 0 radical (unpaired) electrons. The standard InChI is InChI=1S/C16H15BrF2O/c1-10-8-11(20-2)6-7-12(10)14(17)9-13-15(18)4-3-5-16(13)19/h3-8,14H,9H2,1-2H3. The van der Waals surface area contributed by atoms with Crippen molar-refractivity contribution in [1.29, 1.82) is 0 Å². The molecular formula is C16H15BrF2O. The Morgan fingerprint density at radius 3 is 2.35 bits per heavy atom. The highest BCUT2D eigenvalue weighted by Gasteiger charge is 2.16. The summed E-state index contributed by atoms with van der Waals surface area (Å²) >= 11 is 3.51. The van der Waals surface area contributed by atoms with E-state index in [1.807, 2.05) is 25.1 Å². The van der Waals surface area contributed by atoms with Crippen LogP contribution in [0.15, 0.2) is 36.4 Å². The molecule has 2 aromatic rings. The normalized spacial score (nSPS) is 12.2. The molecule has 0 aliphatic carbocycles. The van der Waals surface area contributed by atoms with E-state index in [-0.39, 0.29) is 16.8 Å². The number of methoxy groups -OCH3 is 1. The lowest BCUT2D eigenvalue weighted by Crippen LogP contribution is -2.03. The van der Waals surface area contributed by atoms with Crippen LogP contribution in [0, 0.1) is 18.6 Å². The molecule has 0 heterocycles. The summed E-state index contributed by atoms with van der Waals surface area (Å²) in [5.74, 6) is -0.260. The van der Waals surface area contributed by atoms with Gasteiger partial charge in [0.2, 0.25) is 0 Å².